The normalized spacial score (nSPS) is 11.6. The first kappa shape index (κ1) is 10.5. The van der Waals surface area contributed by atoms with E-state index in [1.807, 2.05) is 18.2 Å². The van der Waals surface area contributed by atoms with Crippen LogP contribution < -0.4 is 0 Å². The van der Waals surface area contributed by atoms with Crippen LogP contribution in [0.5, 0.6) is 0 Å². The highest BCUT2D eigenvalue weighted by atomic mass is 35.5. The maximum atomic E-state index is 5.81. The van der Waals surface area contributed by atoms with Crippen molar-refractivity contribution in [2.75, 3.05) is 5.75 Å². The van der Waals surface area contributed by atoms with Gasteiger partial charge in [-0.3, -0.25) is 0 Å². The van der Waals surface area contributed by atoms with Crippen molar-refractivity contribution in [3.8, 4) is 0 Å². The molecule has 0 aliphatic heterocycles. The SMILES string of the molecule is SCCC=Cc1cnc2ccc(Cl)nn12. The van der Waals surface area contributed by atoms with Crippen LogP contribution in [0, 0.1) is 0 Å². The van der Waals surface area contributed by atoms with Crippen molar-refractivity contribution in [2.45, 2.75) is 6.42 Å². The molecular weight excluding hydrogens is 230 g/mol. The number of allylic oxidation sites excluding steroid dienone is 1. The summed E-state index contributed by atoms with van der Waals surface area (Å²) in [5, 5.41) is 4.63. The van der Waals surface area contributed by atoms with Gasteiger partial charge in [-0.1, -0.05) is 17.7 Å². The standard InChI is InChI=1S/C10H10ClN3S/c11-9-4-5-10-12-7-8(14(10)13-9)3-1-2-6-15/h1,3-5,7,15H,2,6H2. The fraction of sp³-hybridized carbons (Fsp3) is 0.200. The molecule has 0 unspecified atom stereocenters. The van der Waals surface area contributed by atoms with E-state index in [1.165, 1.54) is 0 Å². The van der Waals surface area contributed by atoms with Crippen LogP contribution in [0.4, 0.5) is 0 Å². The summed E-state index contributed by atoms with van der Waals surface area (Å²) in [5.74, 6) is 0.835. The van der Waals surface area contributed by atoms with Gasteiger partial charge in [0.2, 0.25) is 0 Å². The number of nitrogens with zero attached hydrogens (tertiary/aromatic N) is 3. The zero-order chi connectivity index (χ0) is 10.7. The van der Waals surface area contributed by atoms with E-state index in [1.54, 1.807) is 16.8 Å². The van der Waals surface area contributed by atoms with Crippen LogP contribution in [0.3, 0.4) is 0 Å². The molecule has 0 spiro atoms. The summed E-state index contributed by atoms with van der Waals surface area (Å²) in [5.41, 5.74) is 1.72. The van der Waals surface area contributed by atoms with E-state index < -0.39 is 0 Å². The summed E-state index contributed by atoms with van der Waals surface area (Å²) in [6.07, 6.45) is 6.71. The Morgan fingerprint density at radius 3 is 3.13 bits per heavy atom. The Morgan fingerprint density at radius 2 is 2.33 bits per heavy atom. The zero-order valence-corrected chi connectivity index (χ0v) is 9.62. The van der Waals surface area contributed by atoms with Crippen LogP contribution in [-0.2, 0) is 0 Å². The van der Waals surface area contributed by atoms with E-state index in [9.17, 15) is 0 Å². The Bertz CT molecular complexity index is 492. The van der Waals surface area contributed by atoms with Gasteiger partial charge in [0.15, 0.2) is 5.65 Å². The lowest BCUT2D eigenvalue weighted by Crippen LogP contribution is -1.93. The highest BCUT2D eigenvalue weighted by Crippen LogP contribution is 2.10. The first-order chi connectivity index (χ1) is 7.31. The lowest BCUT2D eigenvalue weighted by molar-refractivity contribution is 0.926. The van der Waals surface area contributed by atoms with Gasteiger partial charge in [-0.05, 0) is 30.4 Å². The summed E-state index contributed by atoms with van der Waals surface area (Å²) < 4.78 is 1.72. The molecule has 2 heterocycles. The predicted octanol–water partition coefficient (Wildman–Crippen LogP) is 2.72. The van der Waals surface area contributed by atoms with Gasteiger partial charge in [0.25, 0.3) is 0 Å². The molecule has 0 saturated carbocycles. The average molecular weight is 240 g/mol. The van der Waals surface area contributed by atoms with E-state index in [4.69, 9.17) is 11.6 Å². The second-order valence-electron chi connectivity index (χ2n) is 3.02. The molecule has 0 saturated heterocycles. The molecule has 15 heavy (non-hydrogen) atoms. The van der Waals surface area contributed by atoms with E-state index in [0.717, 1.165) is 23.5 Å². The fourth-order valence-electron chi connectivity index (χ4n) is 1.26. The monoisotopic (exact) mass is 239 g/mol. The zero-order valence-electron chi connectivity index (χ0n) is 7.97. The molecule has 0 radical (unpaired) electrons. The molecule has 3 nitrogen and oxygen atoms in total. The molecule has 0 amide bonds. The molecule has 78 valence electrons. The minimum absolute atomic E-state index is 0.462. The number of imidazole rings is 1. The van der Waals surface area contributed by atoms with Crippen molar-refractivity contribution in [3.63, 3.8) is 0 Å². The second kappa shape index (κ2) is 4.68. The van der Waals surface area contributed by atoms with Gasteiger partial charge in [0, 0.05) is 0 Å². The van der Waals surface area contributed by atoms with Crippen molar-refractivity contribution >= 4 is 36.0 Å². The smallest absolute Gasteiger partial charge is 0.154 e. The summed E-state index contributed by atoms with van der Waals surface area (Å²) in [6, 6.07) is 3.57. The number of halogens is 1. The van der Waals surface area contributed by atoms with Gasteiger partial charge in [0.1, 0.15) is 5.15 Å². The molecule has 5 heteroatoms. The van der Waals surface area contributed by atoms with Crippen molar-refractivity contribution in [3.05, 3.63) is 35.3 Å². The van der Waals surface area contributed by atoms with Gasteiger partial charge in [-0.15, -0.1) is 0 Å². The van der Waals surface area contributed by atoms with Crippen LogP contribution >= 0.6 is 24.2 Å². The van der Waals surface area contributed by atoms with E-state index >= 15 is 0 Å². The van der Waals surface area contributed by atoms with E-state index in [-0.39, 0.29) is 0 Å². The predicted molar refractivity (Wildman–Crippen MR) is 65.5 cm³/mol. The molecule has 0 aromatic carbocycles. The van der Waals surface area contributed by atoms with Crippen LogP contribution in [0.15, 0.2) is 24.4 Å². The molecule has 2 aromatic heterocycles. The van der Waals surface area contributed by atoms with Gasteiger partial charge in [0.05, 0.1) is 11.9 Å². The number of hydrogen-bond acceptors (Lipinski definition) is 3. The molecule has 0 fully saturated rings. The molecule has 0 aliphatic carbocycles. The Hall–Kier alpha value is -1.00. The van der Waals surface area contributed by atoms with Crippen LogP contribution in [0.25, 0.3) is 11.7 Å². The number of aromatic nitrogens is 3. The third-order valence-electron chi connectivity index (χ3n) is 1.94. The van der Waals surface area contributed by atoms with Gasteiger partial charge in [-0.2, -0.15) is 17.7 Å². The number of rotatable bonds is 3. The maximum absolute atomic E-state index is 5.81. The summed E-state index contributed by atoms with van der Waals surface area (Å²) in [7, 11) is 0. The molecule has 0 N–H and O–H groups in total. The van der Waals surface area contributed by atoms with E-state index in [0.29, 0.717) is 5.15 Å². The minimum atomic E-state index is 0.462. The lowest BCUT2D eigenvalue weighted by Gasteiger charge is -1.95. The van der Waals surface area contributed by atoms with Gasteiger partial charge in [-0.25, -0.2) is 9.50 Å². The maximum Gasteiger partial charge on any atom is 0.154 e. The molecule has 2 rings (SSSR count). The quantitative estimate of drug-likeness (QED) is 0.835. The Balaban J connectivity index is 2.39. The van der Waals surface area contributed by atoms with Gasteiger partial charge >= 0.3 is 0 Å². The summed E-state index contributed by atoms with van der Waals surface area (Å²) >= 11 is 9.94. The third kappa shape index (κ3) is 2.33. The van der Waals surface area contributed by atoms with Crippen LogP contribution in [0.2, 0.25) is 5.15 Å². The Kier molecular flexibility index (Phi) is 3.28. The summed E-state index contributed by atoms with van der Waals surface area (Å²) in [6.45, 7) is 0. The van der Waals surface area contributed by atoms with Crippen molar-refractivity contribution in [2.24, 2.45) is 0 Å². The Morgan fingerprint density at radius 1 is 1.47 bits per heavy atom. The van der Waals surface area contributed by atoms with Crippen LogP contribution in [-0.4, -0.2) is 20.4 Å². The number of fused-ring (bicyclic) bond motifs is 1. The third-order valence-corrected chi connectivity index (χ3v) is 2.40. The van der Waals surface area contributed by atoms with Gasteiger partial charge < -0.3 is 0 Å². The molecule has 0 atom stereocenters. The molecule has 2 aromatic rings. The van der Waals surface area contributed by atoms with Crippen molar-refractivity contribution in [1.29, 1.82) is 0 Å². The summed E-state index contributed by atoms with van der Waals surface area (Å²) in [4.78, 5) is 4.21. The highest BCUT2D eigenvalue weighted by molar-refractivity contribution is 7.80. The number of thiol groups is 1. The highest BCUT2D eigenvalue weighted by Gasteiger charge is 2.01. The minimum Gasteiger partial charge on any atom is -0.235 e. The molecular formula is C10H10ClN3S. The first-order valence-corrected chi connectivity index (χ1v) is 5.60. The van der Waals surface area contributed by atoms with Crippen molar-refractivity contribution < 1.29 is 0 Å². The second-order valence-corrected chi connectivity index (χ2v) is 3.86. The largest absolute Gasteiger partial charge is 0.235 e. The van der Waals surface area contributed by atoms with E-state index in [2.05, 4.69) is 22.7 Å². The molecule has 0 aliphatic rings. The molecule has 0 bridgehead atoms. The first-order valence-electron chi connectivity index (χ1n) is 4.59. The van der Waals surface area contributed by atoms with Crippen molar-refractivity contribution in [1.82, 2.24) is 14.6 Å². The lowest BCUT2D eigenvalue weighted by atomic mass is 10.3. The Labute approximate surface area is 98.2 Å². The number of hydrogen-bond donors (Lipinski definition) is 1. The topological polar surface area (TPSA) is 30.2 Å². The average Bonchev–Trinajstić information content (AvgIpc) is 2.62. The fourth-order valence-corrected chi connectivity index (χ4v) is 1.55. The van der Waals surface area contributed by atoms with Crippen LogP contribution in [0.1, 0.15) is 12.1 Å².